The van der Waals surface area contributed by atoms with Gasteiger partial charge in [0.25, 0.3) is 0 Å². The number of carbonyl (C=O) groups is 3. The zero-order valence-electron chi connectivity index (χ0n) is 32.5. The Morgan fingerprint density at radius 3 is 1.70 bits per heavy atom. The van der Waals surface area contributed by atoms with Gasteiger partial charge in [-0.2, -0.15) is 0 Å². The summed E-state index contributed by atoms with van der Waals surface area (Å²) in [5, 5.41) is 39.7. The summed E-state index contributed by atoms with van der Waals surface area (Å²) in [7, 11) is 0. The first-order valence-corrected chi connectivity index (χ1v) is 20.2. The third kappa shape index (κ3) is 25.0. The molecule has 0 aromatic rings. The zero-order valence-corrected chi connectivity index (χ0v) is 32.5. The summed E-state index contributed by atoms with van der Waals surface area (Å²) >= 11 is 0. The molecule has 11 nitrogen and oxygen atoms in total. The Morgan fingerprint density at radius 1 is 0.604 bits per heavy atom. The van der Waals surface area contributed by atoms with Gasteiger partial charge in [0.1, 0.15) is 24.9 Å². The first-order chi connectivity index (χ1) is 25.7. The molecule has 53 heavy (non-hydrogen) atoms. The maximum Gasteiger partial charge on any atom is 0.335 e. The number of hydrogen-bond donors (Lipinski definition) is 4. The number of carboxylic acid groups (broad SMARTS) is 1. The lowest BCUT2D eigenvalue weighted by Crippen LogP contribution is -2.60. The van der Waals surface area contributed by atoms with E-state index in [1.54, 1.807) is 0 Å². The molecule has 6 atom stereocenters. The Balaban J connectivity index is 2.44. The van der Waals surface area contributed by atoms with Gasteiger partial charge in [-0.05, 0) is 70.6 Å². The van der Waals surface area contributed by atoms with Crippen LogP contribution in [-0.4, -0.2) is 88.4 Å². The topological polar surface area (TPSA) is 169 Å². The average molecular weight is 751 g/mol. The molecule has 0 spiro atoms. The van der Waals surface area contributed by atoms with Crippen LogP contribution < -0.4 is 0 Å². The summed E-state index contributed by atoms with van der Waals surface area (Å²) in [6.07, 6.45) is 27.4. The molecule has 0 bridgehead atoms. The lowest BCUT2D eigenvalue weighted by Gasteiger charge is -2.38. The summed E-state index contributed by atoms with van der Waals surface area (Å²) in [5.41, 5.74) is 0. The highest BCUT2D eigenvalue weighted by atomic mass is 16.7. The summed E-state index contributed by atoms with van der Waals surface area (Å²) in [6.45, 7) is 3.62. The summed E-state index contributed by atoms with van der Waals surface area (Å²) in [6, 6.07) is 0. The van der Waals surface area contributed by atoms with Crippen LogP contribution in [-0.2, 0) is 33.3 Å². The number of unbranched alkanes of at least 4 members (excludes halogenated alkanes) is 13. The van der Waals surface area contributed by atoms with E-state index in [0.29, 0.717) is 12.8 Å². The smallest absolute Gasteiger partial charge is 0.335 e. The second-order valence-electron chi connectivity index (χ2n) is 13.7. The lowest BCUT2D eigenvalue weighted by molar-refractivity contribution is -0.298. The van der Waals surface area contributed by atoms with Crippen molar-refractivity contribution in [3.05, 3.63) is 48.6 Å². The lowest BCUT2D eigenvalue weighted by atomic mass is 9.99. The van der Waals surface area contributed by atoms with Crippen molar-refractivity contribution in [1.82, 2.24) is 0 Å². The number of aliphatic carboxylic acids is 1. The Bertz CT molecular complexity index is 1070. The Kier molecular flexibility index (Phi) is 29.6. The van der Waals surface area contributed by atoms with Crippen LogP contribution in [0.1, 0.15) is 149 Å². The first kappa shape index (κ1) is 48.2. The molecule has 0 aliphatic carbocycles. The van der Waals surface area contributed by atoms with E-state index in [0.717, 1.165) is 89.9 Å². The molecule has 6 unspecified atom stereocenters. The zero-order chi connectivity index (χ0) is 38.9. The monoisotopic (exact) mass is 750 g/mol. The molecule has 1 saturated heterocycles. The van der Waals surface area contributed by atoms with Crippen LogP contribution in [0, 0.1) is 0 Å². The normalized spacial score (nSPS) is 21.3. The number of ether oxygens (including phenoxy) is 4. The van der Waals surface area contributed by atoms with E-state index < -0.39 is 61.3 Å². The van der Waals surface area contributed by atoms with Crippen LogP contribution in [0.3, 0.4) is 0 Å². The molecule has 0 aromatic carbocycles. The van der Waals surface area contributed by atoms with Gasteiger partial charge >= 0.3 is 17.9 Å². The molecule has 1 fully saturated rings. The van der Waals surface area contributed by atoms with Crippen molar-refractivity contribution < 1.29 is 53.8 Å². The highest BCUT2D eigenvalue weighted by molar-refractivity contribution is 5.73. The van der Waals surface area contributed by atoms with Crippen LogP contribution in [0.15, 0.2) is 48.6 Å². The van der Waals surface area contributed by atoms with Crippen molar-refractivity contribution in [1.29, 1.82) is 0 Å². The average Bonchev–Trinajstić information content (AvgIpc) is 3.14. The molecule has 1 aliphatic rings. The second-order valence-corrected chi connectivity index (χ2v) is 13.7. The Labute approximate surface area is 318 Å². The van der Waals surface area contributed by atoms with E-state index in [-0.39, 0.29) is 19.4 Å². The summed E-state index contributed by atoms with van der Waals surface area (Å²) in [4.78, 5) is 36.7. The van der Waals surface area contributed by atoms with Gasteiger partial charge in [-0.25, -0.2) is 4.79 Å². The van der Waals surface area contributed by atoms with Gasteiger partial charge < -0.3 is 39.4 Å². The molecular weight excluding hydrogens is 680 g/mol. The molecule has 11 heteroatoms. The number of esters is 2. The maximum atomic E-state index is 12.7. The second kappa shape index (κ2) is 32.6. The van der Waals surface area contributed by atoms with Crippen LogP contribution in [0.25, 0.3) is 0 Å². The number of carboxylic acids is 1. The number of aliphatic hydroxyl groups is 3. The van der Waals surface area contributed by atoms with Crippen molar-refractivity contribution in [2.45, 2.75) is 185 Å². The number of rotatable bonds is 32. The molecule has 1 heterocycles. The molecule has 0 aromatic heterocycles. The van der Waals surface area contributed by atoms with Gasteiger partial charge in [0.15, 0.2) is 18.5 Å². The molecule has 0 radical (unpaired) electrons. The van der Waals surface area contributed by atoms with Crippen molar-refractivity contribution >= 4 is 17.9 Å². The van der Waals surface area contributed by atoms with Gasteiger partial charge in [-0.3, -0.25) is 9.59 Å². The van der Waals surface area contributed by atoms with E-state index in [4.69, 9.17) is 18.9 Å². The van der Waals surface area contributed by atoms with Crippen LogP contribution in [0.2, 0.25) is 0 Å². The molecule has 0 amide bonds. The minimum absolute atomic E-state index is 0.167. The number of aliphatic hydroxyl groups excluding tert-OH is 3. The van der Waals surface area contributed by atoms with Crippen LogP contribution in [0.4, 0.5) is 0 Å². The van der Waals surface area contributed by atoms with Gasteiger partial charge in [0, 0.05) is 12.8 Å². The van der Waals surface area contributed by atoms with E-state index in [1.165, 1.54) is 19.3 Å². The third-order valence-electron chi connectivity index (χ3n) is 8.91. The number of carbonyl (C=O) groups excluding carboxylic acids is 2. The summed E-state index contributed by atoms with van der Waals surface area (Å²) < 4.78 is 21.6. The first-order valence-electron chi connectivity index (χ1n) is 20.2. The van der Waals surface area contributed by atoms with Crippen molar-refractivity contribution in [3.8, 4) is 0 Å². The fourth-order valence-corrected chi connectivity index (χ4v) is 5.71. The minimum Gasteiger partial charge on any atom is -0.479 e. The molecular formula is C42H70O11. The highest BCUT2D eigenvalue weighted by Crippen LogP contribution is 2.23. The Morgan fingerprint density at radius 2 is 1.11 bits per heavy atom. The number of allylic oxidation sites excluding steroid dienone is 8. The minimum atomic E-state index is -1.86. The molecule has 1 aliphatic heterocycles. The third-order valence-corrected chi connectivity index (χ3v) is 8.91. The van der Waals surface area contributed by atoms with E-state index in [1.807, 2.05) is 0 Å². The van der Waals surface area contributed by atoms with E-state index in [2.05, 4.69) is 62.5 Å². The SMILES string of the molecule is CC/C=C\C/C=C\C/C=C\CCCCCCCC(=O)OCC(COC1OC(C(=O)O)C(O)C(O)C1O)OC(=O)CCCCCCC/C=C\CCCCC. The standard InChI is InChI=1S/C42H70O11/c1-3-5-7-9-11-13-15-17-18-19-21-22-24-26-28-30-35(43)50-32-34(33-51-42-39(47)37(45)38(46)40(53-42)41(48)49)52-36(44)31-29-27-25-23-20-16-14-12-10-8-6-4-2/h5,7,11-14,17-18,34,37-40,42,45-47H,3-4,6,8-10,15-16,19-33H2,1-2H3,(H,48,49)/b7-5-,13-11-,14-12-,18-17-. The number of hydrogen-bond acceptors (Lipinski definition) is 10. The molecule has 0 saturated carbocycles. The van der Waals surface area contributed by atoms with E-state index >= 15 is 0 Å². The molecule has 4 N–H and O–H groups in total. The van der Waals surface area contributed by atoms with Gasteiger partial charge in [0.05, 0.1) is 6.61 Å². The van der Waals surface area contributed by atoms with Crippen molar-refractivity contribution in [2.24, 2.45) is 0 Å². The quantitative estimate of drug-likeness (QED) is 0.0301. The molecule has 1 rings (SSSR count). The van der Waals surface area contributed by atoms with Gasteiger partial charge in [-0.15, -0.1) is 0 Å². The predicted molar refractivity (Wildman–Crippen MR) is 206 cm³/mol. The van der Waals surface area contributed by atoms with Crippen molar-refractivity contribution in [2.75, 3.05) is 13.2 Å². The van der Waals surface area contributed by atoms with E-state index in [9.17, 15) is 34.8 Å². The predicted octanol–water partition coefficient (Wildman–Crippen LogP) is 7.81. The largest absolute Gasteiger partial charge is 0.479 e. The van der Waals surface area contributed by atoms with Gasteiger partial charge in [-0.1, -0.05) is 114 Å². The molecule has 304 valence electrons. The Hall–Kier alpha value is -2.83. The summed E-state index contributed by atoms with van der Waals surface area (Å²) in [5.74, 6) is -2.49. The highest BCUT2D eigenvalue weighted by Gasteiger charge is 2.47. The maximum absolute atomic E-state index is 12.7. The van der Waals surface area contributed by atoms with Gasteiger partial charge in [0.2, 0.25) is 0 Å². The van der Waals surface area contributed by atoms with Crippen LogP contribution >= 0.6 is 0 Å². The van der Waals surface area contributed by atoms with Crippen molar-refractivity contribution in [3.63, 3.8) is 0 Å². The fourth-order valence-electron chi connectivity index (χ4n) is 5.71. The van der Waals surface area contributed by atoms with Crippen LogP contribution in [0.5, 0.6) is 0 Å². The fraction of sp³-hybridized carbons (Fsp3) is 0.738.